The normalized spacial score (nSPS) is 17.8. The molecule has 1 aliphatic carbocycles. The van der Waals surface area contributed by atoms with Gasteiger partial charge in [-0.3, -0.25) is 0 Å². The van der Waals surface area contributed by atoms with Gasteiger partial charge in [0.2, 0.25) is 0 Å². The molecule has 0 saturated heterocycles. The molecule has 1 unspecified atom stereocenters. The van der Waals surface area contributed by atoms with E-state index in [1.807, 2.05) is 24.3 Å². The van der Waals surface area contributed by atoms with Crippen molar-refractivity contribution in [3.63, 3.8) is 0 Å². The lowest BCUT2D eigenvalue weighted by atomic mass is 9.83. The van der Waals surface area contributed by atoms with Crippen molar-refractivity contribution in [1.82, 2.24) is 0 Å². The van der Waals surface area contributed by atoms with Gasteiger partial charge in [0.05, 0.1) is 0 Å². The van der Waals surface area contributed by atoms with Gasteiger partial charge in [0.25, 0.3) is 0 Å². The first kappa shape index (κ1) is 12.6. The predicted octanol–water partition coefficient (Wildman–Crippen LogP) is 4.87. The molecule has 2 heteroatoms. The second-order valence-electron chi connectivity index (χ2n) is 5.18. The maximum absolute atomic E-state index is 5.90. The maximum atomic E-state index is 5.90. The zero-order chi connectivity index (χ0) is 13.1. The quantitative estimate of drug-likeness (QED) is 0.840. The highest BCUT2D eigenvalue weighted by Gasteiger charge is 2.19. The summed E-state index contributed by atoms with van der Waals surface area (Å²) < 4.78 is 0. The Morgan fingerprint density at radius 3 is 2.68 bits per heavy atom. The largest absolute Gasteiger partial charge is 0.384 e. The number of rotatable bonds is 3. The van der Waals surface area contributed by atoms with Crippen LogP contribution in [0, 0.1) is 0 Å². The molecule has 1 nitrogen and oxygen atoms in total. The number of aryl methyl sites for hydroxylation is 1. The third-order valence-corrected chi connectivity index (χ3v) is 4.14. The molecule has 0 spiro atoms. The van der Waals surface area contributed by atoms with Gasteiger partial charge in [-0.25, -0.2) is 0 Å². The lowest BCUT2D eigenvalue weighted by molar-refractivity contribution is 0.572. The lowest BCUT2D eigenvalue weighted by Crippen LogP contribution is -2.18. The predicted molar refractivity (Wildman–Crippen MR) is 82.1 cm³/mol. The standard InChI is InChI=1S/C17H18ClN/c18-15-8-10-16(11-9-15)19-12-14-6-3-5-13-4-1-2-7-17(13)14/h1-2,4,7-11,14,19H,3,5-6,12H2. The van der Waals surface area contributed by atoms with Crippen molar-refractivity contribution in [2.45, 2.75) is 25.2 Å². The molecule has 98 valence electrons. The summed E-state index contributed by atoms with van der Waals surface area (Å²) in [5.41, 5.74) is 4.19. The average Bonchev–Trinajstić information content (AvgIpc) is 2.47. The van der Waals surface area contributed by atoms with Crippen molar-refractivity contribution in [2.75, 3.05) is 11.9 Å². The fourth-order valence-corrected chi connectivity index (χ4v) is 3.00. The fraction of sp³-hybridized carbons (Fsp3) is 0.294. The molecule has 19 heavy (non-hydrogen) atoms. The van der Waals surface area contributed by atoms with Crippen LogP contribution in [-0.2, 0) is 6.42 Å². The van der Waals surface area contributed by atoms with E-state index in [2.05, 4.69) is 29.6 Å². The number of hydrogen-bond donors (Lipinski definition) is 1. The zero-order valence-corrected chi connectivity index (χ0v) is 11.7. The van der Waals surface area contributed by atoms with Crippen LogP contribution in [0.15, 0.2) is 48.5 Å². The summed E-state index contributed by atoms with van der Waals surface area (Å²) in [6.45, 7) is 0.999. The molecule has 0 amide bonds. The van der Waals surface area contributed by atoms with E-state index < -0.39 is 0 Å². The SMILES string of the molecule is Clc1ccc(NCC2CCCc3ccccc32)cc1. The summed E-state index contributed by atoms with van der Waals surface area (Å²) in [6.07, 6.45) is 3.80. The zero-order valence-electron chi connectivity index (χ0n) is 10.9. The summed E-state index contributed by atoms with van der Waals surface area (Å²) in [5.74, 6) is 0.626. The first-order valence-corrected chi connectivity index (χ1v) is 7.28. The van der Waals surface area contributed by atoms with Crippen molar-refractivity contribution in [3.8, 4) is 0 Å². The number of fused-ring (bicyclic) bond motifs is 1. The number of anilines is 1. The van der Waals surface area contributed by atoms with E-state index in [0.717, 1.165) is 17.3 Å². The summed E-state index contributed by atoms with van der Waals surface area (Å²) in [4.78, 5) is 0. The molecule has 2 aromatic rings. The highest BCUT2D eigenvalue weighted by molar-refractivity contribution is 6.30. The second-order valence-corrected chi connectivity index (χ2v) is 5.61. The van der Waals surface area contributed by atoms with Crippen molar-refractivity contribution in [3.05, 3.63) is 64.7 Å². The van der Waals surface area contributed by atoms with Gasteiger partial charge in [-0.2, -0.15) is 0 Å². The van der Waals surface area contributed by atoms with Gasteiger partial charge in [-0.15, -0.1) is 0 Å². The molecular formula is C17H18ClN. The molecule has 0 saturated carbocycles. The Morgan fingerprint density at radius 2 is 1.84 bits per heavy atom. The van der Waals surface area contributed by atoms with Gasteiger partial charge >= 0.3 is 0 Å². The summed E-state index contributed by atoms with van der Waals surface area (Å²) in [7, 11) is 0. The van der Waals surface area contributed by atoms with Crippen LogP contribution in [0.4, 0.5) is 5.69 Å². The fourth-order valence-electron chi connectivity index (χ4n) is 2.88. The molecule has 0 fully saturated rings. The Hall–Kier alpha value is -1.47. The minimum Gasteiger partial charge on any atom is -0.384 e. The molecule has 0 aromatic heterocycles. The smallest absolute Gasteiger partial charge is 0.0407 e. The number of benzene rings is 2. The monoisotopic (exact) mass is 271 g/mol. The Bertz CT molecular complexity index is 547. The first-order chi connectivity index (χ1) is 9.33. The molecule has 1 aliphatic rings. The van der Waals surface area contributed by atoms with Crippen LogP contribution in [0.1, 0.15) is 29.9 Å². The summed E-state index contributed by atoms with van der Waals surface area (Å²) in [6, 6.07) is 16.8. The van der Waals surface area contributed by atoms with Crippen LogP contribution in [0.25, 0.3) is 0 Å². The molecule has 2 aromatic carbocycles. The van der Waals surface area contributed by atoms with E-state index in [1.54, 1.807) is 0 Å². The van der Waals surface area contributed by atoms with Crippen LogP contribution in [0.2, 0.25) is 5.02 Å². The van der Waals surface area contributed by atoms with Crippen molar-refractivity contribution in [2.24, 2.45) is 0 Å². The third-order valence-electron chi connectivity index (χ3n) is 3.89. The molecule has 1 N–H and O–H groups in total. The van der Waals surface area contributed by atoms with Crippen molar-refractivity contribution >= 4 is 17.3 Å². The molecule has 0 bridgehead atoms. The van der Waals surface area contributed by atoms with E-state index in [1.165, 1.54) is 30.4 Å². The van der Waals surface area contributed by atoms with E-state index in [0.29, 0.717) is 5.92 Å². The van der Waals surface area contributed by atoms with Gasteiger partial charge in [0.15, 0.2) is 0 Å². The van der Waals surface area contributed by atoms with Gasteiger partial charge in [-0.1, -0.05) is 35.9 Å². The first-order valence-electron chi connectivity index (χ1n) is 6.90. The van der Waals surface area contributed by atoms with Gasteiger partial charge in [-0.05, 0) is 54.7 Å². The average molecular weight is 272 g/mol. The van der Waals surface area contributed by atoms with E-state index in [9.17, 15) is 0 Å². The van der Waals surface area contributed by atoms with Crippen molar-refractivity contribution < 1.29 is 0 Å². The minimum atomic E-state index is 0.626. The number of nitrogens with one attached hydrogen (secondary N) is 1. The molecular weight excluding hydrogens is 254 g/mol. The van der Waals surface area contributed by atoms with E-state index in [-0.39, 0.29) is 0 Å². The molecule has 3 rings (SSSR count). The highest BCUT2D eigenvalue weighted by atomic mass is 35.5. The molecule has 1 atom stereocenters. The molecule has 0 heterocycles. The molecule has 0 radical (unpaired) electrons. The summed E-state index contributed by atoms with van der Waals surface area (Å²) in [5, 5.41) is 4.31. The lowest BCUT2D eigenvalue weighted by Gasteiger charge is -2.26. The van der Waals surface area contributed by atoms with Crippen LogP contribution >= 0.6 is 11.6 Å². The van der Waals surface area contributed by atoms with Crippen LogP contribution in [-0.4, -0.2) is 6.54 Å². The van der Waals surface area contributed by atoms with Crippen LogP contribution in [0.5, 0.6) is 0 Å². The van der Waals surface area contributed by atoms with Crippen LogP contribution < -0.4 is 5.32 Å². The van der Waals surface area contributed by atoms with Crippen LogP contribution in [0.3, 0.4) is 0 Å². The van der Waals surface area contributed by atoms with Gasteiger partial charge < -0.3 is 5.32 Å². The number of halogens is 1. The minimum absolute atomic E-state index is 0.626. The topological polar surface area (TPSA) is 12.0 Å². The third kappa shape index (κ3) is 2.93. The Labute approximate surface area is 119 Å². The second kappa shape index (κ2) is 5.66. The van der Waals surface area contributed by atoms with Gasteiger partial charge in [0, 0.05) is 23.2 Å². The Morgan fingerprint density at radius 1 is 1.05 bits per heavy atom. The number of hydrogen-bond acceptors (Lipinski definition) is 1. The van der Waals surface area contributed by atoms with Gasteiger partial charge in [0.1, 0.15) is 0 Å². The summed E-state index contributed by atoms with van der Waals surface area (Å²) >= 11 is 5.90. The Balaban J connectivity index is 1.69. The van der Waals surface area contributed by atoms with E-state index in [4.69, 9.17) is 11.6 Å². The van der Waals surface area contributed by atoms with E-state index >= 15 is 0 Å². The molecule has 0 aliphatic heterocycles. The highest BCUT2D eigenvalue weighted by Crippen LogP contribution is 2.31. The Kier molecular flexibility index (Phi) is 3.74. The maximum Gasteiger partial charge on any atom is 0.0407 e. The van der Waals surface area contributed by atoms with Crippen molar-refractivity contribution in [1.29, 1.82) is 0 Å².